The molecule has 0 aliphatic rings. The lowest BCUT2D eigenvalue weighted by Gasteiger charge is -2.31. The molecule has 0 aromatic heterocycles. The molecule has 0 radical (unpaired) electrons. The van der Waals surface area contributed by atoms with Gasteiger partial charge in [0, 0.05) is 21.6 Å². The number of aryl methyl sites for hydroxylation is 1. The van der Waals surface area contributed by atoms with Crippen LogP contribution < -0.4 is 10.1 Å². The van der Waals surface area contributed by atoms with Gasteiger partial charge in [-0.3, -0.25) is 9.59 Å². The molecule has 0 saturated carbocycles. The number of hydrogen-bond donors (Lipinski definition) is 1. The van der Waals surface area contributed by atoms with Crippen LogP contribution >= 0.6 is 27.5 Å². The van der Waals surface area contributed by atoms with Gasteiger partial charge < -0.3 is 15.0 Å². The molecule has 162 valence electrons. The lowest BCUT2D eigenvalue weighted by molar-refractivity contribution is -0.142. The van der Waals surface area contributed by atoms with Gasteiger partial charge in [-0.2, -0.15) is 0 Å². The summed E-state index contributed by atoms with van der Waals surface area (Å²) in [5, 5.41) is 3.58. The van der Waals surface area contributed by atoms with Gasteiger partial charge in [-0.15, -0.1) is 0 Å². The monoisotopic (exact) mass is 494 g/mol. The predicted molar refractivity (Wildman–Crippen MR) is 124 cm³/mol. The second-order valence-corrected chi connectivity index (χ2v) is 9.59. The molecule has 0 spiro atoms. The van der Waals surface area contributed by atoms with Gasteiger partial charge in [-0.25, -0.2) is 0 Å². The first-order valence-corrected chi connectivity index (χ1v) is 10.9. The highest BCUT2D eigenvalue weighted by atomic mass is 79.9. The Morgan fingerprint density at radius 3 is 2.37 bits per heavy atom. The van der Waals surface area contributed by atoms with Crippen LogP contribution in [0.5, 0.6) is 5.75 Å². The molecule has 30 heavy (non-hydrogen) atoms. The van der Waals surface area contributed by atoms with Crippen LogP contribution in [-0.4, -0.2) is 34.9 Å². The minimum absolute atomic E-state index is 0.176. The minimum atomic E-state index is -0.657. The summed E-state index contributed by atoms with van der Waals surface area (Å²) in [6.07, 6.45) is 0. The number of nitrogens with one attached hydrogen (secondary N) is 1. The molecule has 0 saturated heterocycles. The van der Waals surface area contributed by atoms with Crippen LogP contribution in [0.2, 0.25) is 5.02 Å². The van der Waals surface area contributed by atoms with Gasteiger partial charge in [0.2, 0.25) is 5.91 Å². The number of rotatable bonds is 7. The Morgan fingerprint density at radius 1 is 1.17 bits per heavy atom. The lowest BCUT2D eigenvalue weighted by Crippen LogP contribution is -2.53. The number of ether oxygens (including phenoxy) is 1. The number of nitrogens with zero attached hydrogens (tertiary/aromatic N) is 1. The largest absolute Gasteiger partial charge is 0.484 e. The van der Waals surface area contributed by atoms with Crippen LogP contribution in [0.3, 0.4) is 0 Å². The zero-order chi connectivity index (χ0) is 22.5. The first-order chi connectivity index (χ1) is 14.0. The maximum atomic E-state index is 13.0. The molecule has 1 atom stereocenters. The number of benzene rings is 2. The Bertz CT molecular complexity index is 894. The average molecular weight is 496 g/mol. The molecule has 1 unspecified atom stereocenters. The molecular formula is C23H28BrClN2O3. The van der Waals surface area contributed by atoms with E-state index in [0.29, 0.717) is 17.3 Å². The molecule has 0 fully saturated rings. The van der Waals surface area contributed by atoms with Gasteiger partial charge >= 0.3 is 0 Å². The number of amides is 2. The third-order valence-corrected chi connectivity index (χ3v) is 5.38. The van der Waals surface area contributed by atoms with Crippen LogP contribution in [0, 0.1) is 6.92 Å². The van der Waals surface area contributed by atoms with E-state index < -0.39 is 11.6 Å². The van der Waals surface area contributed by atoms with Crippen molar-refractivity contribution in [3.05, 3.63) is 63.1 Å². The quantitative estimate of drug-likeness (QED) is 0.580. The molecule has 0 aliphatic carbocycles. The van der Waals surface area contributed by atoms with Crippen LogP contribution in [0.15, 0.2) is 46.9 Å². The van der Waals surface area contributed by atoms with Crippen LogP contribution in [0.4, 0.5) is 0 Å². The van der Waals surface area contributed by atoms with Gasteiger partial charge in [0.05, 0.1) is 0 Å². The van der Waals surface area contributed by atoms with E-state index in [0.717, 1.165) is 15.6 Å². The standard InChI is InChI=1S/C23H28BrClN2O3/c1-15-12-19(10-11-20(15)25)30-14-21(28)27(13-17-6-8-18(24)9-7-17)16(2)22(29)26-23(3,4)5/h6-12,16H,13-14H2,1-5H3,(H,26,29). The summed E-state index contributed by atoms with van der Waals surface area (Å²) >= 11 is 9.46. The van der Waals surface area contributed by atoms with Crippen molar-refractivity contribution in [2.45, 2.75) is 52.7 Å². The van der Waals surface area contributed by atoms with E-state index in [9.17, 15) is 9.59 Å². The molecule has 7 heteroatoms. The van der Waals surface area contributed by atoms with Gasteiger partial charge in [0.15, 0.2) is 6.61 Å². The highest BCUT2D eigenvalue weighted by Crippen LogP contribution is 2.21. The number of carbonyl (C=O) groups is 2. The molecule has 2 rings (SSSR count). The van der Waals surface area contributed by atoms with Crippen molar-refractivity contribution in [2.24, 2.45) is 0 Å². The van der Waals surface area contributed by atoms with Crippen LogP contribution in [-0.2, 0) is 16.1 Å². The fourth-order valence-corrected chi connectivity index (χ4v) is 3.16. The van der Waals surface area contributed by atoms with Crippen molar-refractivity contribution < 1.29 is 14.3 Å². The molecule has 1 N–H and O–H groups in total. The fourth-order valence-electron chi connectivity index (χ4n) is 2.78. The molecule has 2 aromatic rings. The zero-order valence-corrected chi connectivity index (χ0v) is 20.3. The Kier molecular flexibility index (Phi) is 8.33. The summed E-state index contributed by atoms with van der Waals surface area (Å²) in [4.78, 5) is 27.3. The van der Waals surface area contributed by atoms with E-state index >= 15 is 0 Å². The highest BCUT2D eigenvalue weighted by molar-refractivity contribution is 9.10. The molecule has 2 amide bonds. The molecule has 0 aliphatic heterocycles. The third-order valence-electron chi connectivity index (χ3n) is 4.42. The predicted octanol–water partition coefficient (Wildman–Crippen LogP) is 5.12. The van der Waals surface area contributed by atoms with Gasteiger partial charge in [-0.1, -0.05) is 39.7 Å². The Morgan fingerprint density at radius 2 is 1.80 bits per heavy atom. The zero-order valence-electron chi connectivity index (χ0n) is 18.0. The van der Waals surface area contributed by atoms with Gasteiger partial charge in [0.1, 0.15) is 11.8 Å². The average Bonchev–Trinajstić information content (AvgIpc) is 2.66. The molecule has 2 aromatic carbocycles. The van der Waals surface area contributed by atoms with Crippen molar-refractivity contribution >= 4 is 39.3 Å². The number of halogens is 2. The SMILES string of the molecule is Cc1cc(OCC(=O)N(Cc2ccc(Br)cc2)C(C)C(=O)NC(C)(C)C)ccc1Cl. The first-order valence-electron chi connectivity index (χ1n) is 9.71. The van der Waals surface area contributed by atoms with E-state index in [4.69, 9.17) is 16.3 Å². The second kappa shape index (κ2) is 10.3. The Balaban J connectivity index is 2.17. The smallest absolute Gasteiger partial charge is 0.261 e. The Hall–Kier alpha value is -2.05. The number of carbonyl (C=O) groups excluding carboxylic acids is 2. The summed E-state index contributed by atoms with van der Waals surface area (Å²) in [6.45, 7) is 9.44. The fraction of sp³-hybridized carbons (Fsp3) is 0.391. The van der Waals surface area contributed by atoms with E-state index in [-0.39, 0.29) is 18.4 Å². The third kappa shape index (κ3) is 7.33. The highest BCUT2D eigenvalue weighted by Gasteiger charge is 2.28. The summed E-state index contributed by atoms with van der Waals surface area (Å²) in [5.74, 6) is 0.0676. The Labute approximate surface area is 191 Å². The molecule has 5 nitrogen and oxygen atoms in total. The van der Waals surface area contributed by atoms with Gasteiger partial charge in [-0.05, 0) is 76.1 Å². The summed E-state index contributed by atoms with van der Waals surface area (Å²) < 4.78 is 6.63. The van der Waals surface area contributed by atoms with Crippen molar-refractivity contribution in [1.29, 1.82) is 0 Å². The topological polar surface area (TPSA) is 58.6 Å². The van der Waals surface area contributed by atoms with Gasteiger partial charge in [0.25, 0.3) is 5.91 Å². The van der Waals surface area contributed by atoms with Crippen LogP contribution in [0.25, 0.3) is 0 Å². The second-order valence-electron chi connectivity index (χ2n) is 8.26. The van der Waals surface area contributed by atoms with Crippen molar-refractivity contribution in [3.63, 3.8) is 0 Å². The van der Waals surface area contributed by atoms with E-state index in [1.54, 1.807) is 25.1 Å². The van der Waals surface area contributed by atoms with Crippen molar-refractivity contribution in [1.82, 2.24) is 10.2 Å². The van der Waals surface area contributed by atoms with E-state index in [1.165, 1.54) is 4.90 Å². The van der Waals surface area contributed by atoms with E-state index in [2.05, 4.69) is 21.2 Å². The summed E-state index contributed by atoms with van der Waals surface area (Å²) in [5.41, 5.74) is 1.39. The van der Waals surface area contributed by atoms with Crippen molar-refractivity contribution in [3.8, 4) is 5.75 Å². The molecule has 0 heterocycles. The van der Waals surface area contributed by atoms with E-state index in [1.807, 2.05) is 52.0 Å². The maximum absolute atomic E-state index is 13.0. The summed E-state index contributed by atoms with van der Waals surface area (Å²) in [6, 6.07) is 12.2. The molecular weight excluding hydrogens is 468 g/mol. The molecule has 0 bridgehead atoms. The first kappa shape index (κ1) is 24.2. The maximum Gasteiger partial charge on any atom is 0.261 e. The lowest BCUT2D eigenvalue weighted by atomic mass is 10.1. The van der Waals surface area contributed by atoms with Crippen molar-refractivity contribution in [2.75, 3.05) is 6.61 Å². The number of hydrogen-bond acceptors (Lipinski definition) is 3. The normalized spacial score (nSPS) is 12.2. The van der Waals surface area contributed by atoms with Crippen LogP contribution in [0.1, 0.15) is 38.8 Å². The summed E-state index contributed by atoms with van der Waals surface area (Å²) in [7, 11) is 0. The minimum Gasteiger partial charge on any atom is -0.484 e.